The van der Waals surface area contributed by atoms with Crippen molar-refractivity contribution in [2.45, 2.75) is 6.54 Å². The number of pyridine rings is 1. The third-order valence-corrected chi connectivity index (χ3v) is 3.54. The molecule has 0 unspecified atom stereocenters. The molecule has 3 N–H and O–H groups in total. The second-order valence-corrected chi connectivity index (χ2v) is 5.46. The van der Waals surface area contributed by atoms with Crippen molar-refractivity contribution in [3.05, 3.63) is 83.6 Å². The van der Waals surface area contributed by atoms with Crippen molar-refractivity contribution >= 4 is 11.7 Å². The lowest BCUT2D eigenvalue weighted by Crippen LogP contribution is -2.24. The number of ether oxygens (including phenoxy) is 1. The molecule has 3 aromatic rings. The van der Waals surface area contributed by atoms with Crippen LogP contribution in [-0.2, 0) is 6.54 Å². The number of hydrogen-bond donors (Lipinski definition) is 2. The van der Waals surface area contributed by atoms with Crippen molar-refractivity contribution in [2.75, 3.05) is 5.73 Å². The molecule has 0 saturated heterocycles. The number of nitrogens with zero attached hydrogens (tertiary/aromatic N) is 1. The van der Waals surface area contributed by atoms with Gasteiger partial charge in [-0.3, -0.25) is 4.79 Å². The van der Waals surface area contributed by atoms with Crippen LogP contribution < -0.4 is 15.8 Å². The van der Waals surface area contributed by atoms with E-state index in [2.05, 4.69) is 10.3 Å². The van der Waals surface area contributed by atoms with Crippen LogP contribution in [0, 0.1) is 11.8 Å². The molecule has 3 rings (SSSR count). The minimum atomic E-state index is -0.912. The summed E-state index contributed by atoms with van der Waals surface area (Å²) in [6.45, 7) is 0.208. The van der Waals surface area contributed by atoms with Crippen molar-refractivity contribution in [2.24, 2.45) is 0 Å². The standard InChI is InChI=1S/C19H15F2N3O2/c20-13-3-7-15(8-4-13)26-14-5-1-12(2-6-14)11-23-19(25)16-9-10-17(22)24-18(16)21/h1-10H,11H2,(H2,22,24)(H,23,25). The zero-order valence-electron chi connectivity index (χ0n) is 13.6. The van der Waals surface area contributed by atoms with Crippen LogP contribution in [0.15, 0.2) is 60.7 Å². The molecule has 26 heavy (non-hydrogen) atoms. The van der Waals surface area contributed by atoms with Crippen molar-refractivity contribution < 1.29 is 18.3 Å². The van der Waals surface area contributed by atoms with E-state index in [1.807, 2.05) is 0 Å². The largest absolute Gasteiger partial charge is 0.457 e. The summed E-state index contributed by atoms with van der Waals surface area (Å²) in [6, 6.07) is 15.3. The molecule has 0 saturated carbocycles. The molecule has 132 valence electrons. The molecule has 1 aromatic heterocycles. The van der Waals surface area contributed by atoms with Crippen LogP contribution in [0.1, 0.15) is 15.9 Å². The van der Waals surface area contributed by atoms with Crippen LogP contribution in [-0.4, -0.2) is 10.9 Å². The average molecular weight is 355 g/mol. The first-order valence-electron chi connectivity index (χ1n) is 7.74. The van der Waals surface area contributed by atoms with Gasteiger partial charge in [-0.25, -0.2) is 9.37 Å². The summed E-state index contributed by atoms with van der Waals surface area (Å²) in [5.74, 6) is -0.738. The summed E-state index contributed by atoms with van der Waals surface area (Å²) >= 11 is 0. The van der Waals surface area contributed by atoms with E-state index in [-0.39, 0.29) is 23.7 Å². The number of rotatable bonds is 5. The summed E-state index contributed by atoms with van der Waals surface area (Å²) < 4.78 is 32.1. The van der Waals surface area contributed by atoms with Crippen molar-refractivity contribution in [1.82, 2.24) is 10.3 Å². The van der Waals surface area contributed by atoms with E-state index in [0.29, 0.717) is 11.5 Å². The summed E-state index contributed by atoms with van der Waals surface area (Å²) in [7, 11) is 0. The van der Waals surface area contributed by atoms with Crippen molar-refractivity contribution in [1.29, 1.82) is 0 Å². The fraction of sp³-hybridized carbons (Fsp3) is 0.0526. The molecule has 0 spiro atoms. The number of carbonyl (C=O) groups is 1. The summed E-state index contributed by atoms with van der Waals surface area (Å²) in [5.41, 5.74) is 5.98. The highest BCUT2D eigenvalue weighted by Crippen LogP contribution is 2.21. The van der Waals surface area contributed by atoms with E-state index in [9.17, 15) is 13.6 Å². The van der Waals surface area contributed by atoms with E-state index in [0.717, 1.165) is 5.56 Å². The van der Waals surface area contributed by atoms with Gasteiger partial charge in [-0.1, -0.05) is 12.1 Å². The van der Waals surface area contributed by atoms with Gasteiger partial charge in [0, 0.05) is 6.54 Å². The summed E-state index contributed by atoms with van der Waals surface area (Å²) in [5, 5.41) is 2.61. The third kappa shape index (κ3) is 4.32. The van der Waals surface area contributed by atoms with E-state index in [1.165, 1.54) is 36.4 Å². The van der Waals surface area contributed by atoms with Gasteiger partial charge >= 0.3 is 0 Å². The third-order valence-electron chi connectivity index (χ3n) is 3.54. The lowest BCUT2D eigenvalue weighted by atomic mass is 10.2. The van der Waals surface area contributed by atoms with Gasteiger partial charge in [0.15, 0.2) is 0 Å². The van der Waals surface area contributed by atoms with Gasteiger partial charge in [0.25, 0.3) is 5.91 Å². The maximum Gasteiger partial charge on any atom is 0.256 e. The van der Waals surface area contributed by atoms with E-state index in [4.69, 9.17) is 10.5 Å². The van der Waals surface area contributed by atoms with Gasteiger partial charge in [-0.2, -0.15) is 4.39 Å². The zero-order chi connectivity index (χ0) is 18.5. The number of halogens is 2. The van der Waals surface area contributed by atoms with Gasteiger partial charge < -0.3 is 15.8 Å². The monoisotopic (exact) mass is 355 g/mol. The molecule has 1 heterocycles. The number of hydrogen-bond acceptors (Lipinski definition) is 4. The Labute approximate surface area is 148 Å². The minimum Gasteiger partial charge on any atom is -0.457 e. The number of aromatic nitrogens is 1. The number of benzene rings is 2. The van der Waals surface area contributed by atoms with Crippen LogP contribution in [0.2, 0.25) is 0 Å². The molecule has 0 bridgehead atoms. The Hall–Kier alpha value is -3.48. The van der Waals surface area contributed by atoms with E-state index < -0.39 is 11.9 Å². The van der Waals surface area contributed by atoms with E-state index >= 15 is 0 Å². The smallest absolute Gasteiger partial charge is 0.256 e. The Morgan fingerprint density at radius 3 is 2.19 bits per heavy atom. The van der Waals surface area contributed by atoms with Gasteiger partial charge in [0.05, 0.1) is 5.56 Å². The number of nitrogens with two attached hydrogens (primary N) is 1. The minimum absolute atomic E-state index is 0.00999. The van der Waals surface area contributed by atoms with Crippen LogP contribution >= 0.6 is 0 Å². The van der Waals surface area contributed by atoms with Crippen molar-refractivity contribution in [3.63, 3.8) is 0 Å². The Bertz CT molecular complexity index is 913. The number of amides is 1. The number of carbonyl (C=O) groups excluding carboxylic acids is 1. The first kappa shape index (κ1) is 17.3. The topological polar surface area (TPSA) is 77.2 Å². The van der Waals surface area contributed by atoms with Gasteiger partial charge in [-0.15, -0.1) is 0 Å². The number of nitrogen functional groups attached to an aromatic ring is 1. The fourth-order valence-corrected chi connectivity index (χ4v) is 2.21. The maximum atomic E-state index is 13.6. The Balaban J connectivity index is 1.58. The fourth-order valence-electron chi connectivity index (χ4n) is 2.21. The molecule has 5 nitrogen and oxygen atoms in total. The Morgan fingerprint density at radius 1 is 0.962 bits per heavy atom. The predicted octanol–water partition coefficient (Wildman–Crippen LogP) is 3.66. The SMILES string of the molecule is Nc1ccc(C(=O)NCc2ccc(Oc3ccc(F)cc3)cc2)c(F)n1. The van der Waals surface area contributed by atoms with Crippen LogP contribution in [0.3, 0.4) is 0 Å². The zero-order valence-corrected chi connectivity index (χ0v) is 13.6. The van der Waals surface area contributed by atoms with Crippen molar-refractivity contribution in [3.8, 4) is 11.5 Å². The van der Waals surface area contributed by atoms with Crippen LogP contribution in [0.4, 0.5) is 14.6 Å². The average Bonchev–Trinajstić information content (AvgIpc) is 2.63. The van der Waals surface area contributed by atoms with Crippen LogP contribution in [0.25, 0.3) is 0 Å². The molecular weight excluding hydrogens is 340 g/mol. The first-order chi connectivity index (χ1) is 12.5. The Kier molecular flexibility index (Phi) is 5.07. The maximum absolute atomic E-state index is 13.6. The molecule has 2 aromatic carbocycles. The lowest BCUT2D eigenvalue weighted by molar-refractivity contribution is 0.0946. The molecule has 0 aliphatic carbocycles. The lowest BCUT2D eigenvalue weighted by Gasteiger charge is -2.08. The summed E-state index contributed by atoms with van der Waals surface area (Å²) in [6.07, 6.45) is 0. The van der Waals surface area contributed by atoms with Gasteiger partial charge in [-0.05, 0) is 54.1 Å². The van der Waals surface area contributed by atoms with Crippen LogP contribution in [0.5, 0.6) is 11.5 Å². The molecule has 0 atom stereocenters. The highest BCUT2D eigenvalue weighted by molar-refractivity contribution is 5.94. The summed E-state index contributed by atoms with van der Waals surface area (Å²) in [4.78, 5) is 15.4. The molecule has 0 aliphatic heterocycles. The quantitative estimate of drug-likeness (QED) is 0.685. The van der Waals surface area contributed by atoms with Gasteiger partial charge in [0.1, 0.15) is 23.1 Å². The molecule has 7 heteroatoms. The normalized spacial score (nSPS) is 10.4. The molecular formula is C19H15F2N3O2. The molecule has 0 fully saturated rings. The first-order valence-corrected chi connectivity index (χ1v) is 7.74. The molecule has 1 amide bonds. The highest BCUT2D eigenvalue weighted by atomic mass is 19.1. The predicted molar refractivity (Wildman–Crippen MR) is 92.7 cm³/mol. The van der Waals surface area contributed by atoms with E-state index in [1.54, 1.807) is 24.3 Å². The number of nitrogens with one attached hydrogen (secondary N) is 1. The second kappa shape index (κ2) is 7.60. The molecule has 0 aliphatic rings. The number of anilines is 1. The second-order valence-electron chi connectivity index (χ2n) is 5.46. The molecule has 0 radical (unpaired) electrons. The Morgan fingerprint density at radius 2 is 1.58 bits per heavy atom. The van der Waals surface area contributed by atoms with Gasteiger partial charge in [0.2, 0.25) is 5.95 Å². The highest BCUT2D eigenvalue weighted by Gasteiger charge is 2.12.